The summed E-state index contributed by atoms with van der Waals surface area (Å²) >= 11 is 0. The van der Waals surface area contributed by atoms with Gasteiger partial charge in [0.1, 0.15) is 5.78 Å². The summed E-state index contributed by atoms with van der Waals surface area (Å²) in [6.45, 7) is 8.12. The minimum atomic E-state index is -0.269. The molecule has 1 atom stereocenters. The van der Waals surface area contributed by atoms with Gasteiger partial charge in [-0.1, -0.05) is 0 Å². The van der Waals surface area contributed by atoms with E-state index in [1.165, 1.54) is 6.92 Å². The molecule has 0 aliphatic carbocycles. The van der Waals surface area contributed by atoms with Gasteiger partial charge >= 0.3 is 0 Å². The molecular weight excluding hydrogens is 322 g/mol. The molecule has 2 rings (SSSR count). The number of amides is 3. The molecule has 25 heavy (non-hydrogen) atoms. The molecule has 2 aliphatic heterocycles. The number of hydrogen-bond donors (Lipinski definition) is 0. The molecule has 3 amide bonds. The number of Topliss-reactive ketones (excluding diaryl/α,β-unsaturated/α-hetero) is 1. The van der Waals surface area contributed by atoms with Gasteiger partial charge in [0, 0.05) is 58.0 Å². The van der Waals surface area contributed by atoms with Gasteiger partial charge in [-0.15, -0.1) is 0 Å². The number of rotatable bonds is 5. The first-order chi connectivity index (χ1) is 11.8. The van der Waals surface area contributed by atoms with E-state index in [4.69, 9.17) is 0 Å². The first kappa shape index (κ1) is 19.4. The minimum Gasteiger partial charge on any atom is -0.341 e. The molecule has 1 unspecified atom stereocenters. The summed E-state index contributed by atoms with van der Waals surface area (Å²) in [5, 5.41) is 0. The lowest BCUT2D eigenvalue weighted by Crippen LogP contribution is -2.41. The number of carbonyl (C=O) groups is 4. The smallest absolute Gasteiger partial charge is 0.228 e. The van der Waals surface area contributed by atoms with Crippen molar-refractivity contribution >= 4 is 23.5 Å². The molecule has 7 nitrogen and oxygen atoms in total. The Kier molecular flexibility index (Phi) is 6.56. The molecule has 0 radical (unpaired) electrons. The zero-order valence-electron chi connectivity index (χ0n) is 15.5. The summed E-state index contributed by atoms with van der Waals surface area (Å²) in [5.41, 5.74) is 0. The molecule has 0 aromatic rings. The molecule has 140 valence electrons. The lowest BCUT2D eigenvalue weighted by atomic mass is 10.1. The van der Waals surface area contributed by atoms with Crippen molar-refractivity contribution in [2.45, 2.75) is 52.5 Å². The molecule has 0 aromatic carbocycles. The lowest BCUT2D eigenvalue weighted by Gasteiger charge is -2.25. The van der Waals surface area contributed by atoms with Crippen molar-refractivity contribution in [1.82, 2.24) is 14.7 Å². The predicted octanol–water partition coefficient (Wildman–Crippen LogP) is 0.673. The normalized spacial score (nSPS) is 21.7. The Morgan fingerprint density at radius 1 is 1.04 bits per heavy atom. The highest BCUT2D eigenvalue weighted by molar-refractivity contribution is 5.89. The lowest BCUT2D eigenvalue weighted by molar-refractivity contribution is -0.136. The standard InChI is InChI=1S/C18H29N3O4/c1-13(2)21-12-15(11-17(21)24)18(25)20-8-4-7-19(9-10-20)16(23)6-5-14(3)22/h13,15H,4-12H2,1-3H3. The van der Waals surface area contributed by atoms with Crippen molar-refractivity contribution in [3.8, 4) is 0 Å². The topological polar surface area (TPSA) is 78.0 Å². The van der Waals surface area contributed by atoms with Gasteiger partial charge < -0.3 is 19.5 Å². The second-order valence-electron chi connectivity index (χ2n) is 7.30. The second-order valence-corrected chi connectivity index (χ2v) is 7.30. The van der Waals surface area contributed by atoms with E-state index in [1.54, 1.807) is 14.7 Å². The van der Waals surface area contributed by atoms with E-state index in [0.717, 1.165) is 6.42 Å². The third kappa shape index (κ3) is 5.03. The summed E-state index contributed by atoms with van der Waals surface area (Å²) in [6.07, 6.45) is 1.53. The third-order valence-corrected chi connectivity index (χ3v) is 4.98. The van der Waals surface area contributed by atoms with Gasteiger partial charge in [-0.25, -0.2) is 0 Å². The van der Waals surface area contributed by atoms with Crippen molar-refractivity contribution in [2.75, 3.05) is 32.7 Å². The van der Waals surface area contributed by atoms with Gasteiger partial charge in [0.2, 0.25) is 17.7 Å². The molecule has 2 heterocycles. The average molecular weight is 351 g/mol. The molecule has 2 saturated heterocycles. The fourth-order valence-electron chi connectivity index (χ4n) is 3.48. The quantitative estimate of drug-likeness (QED) is 0.729. The number of ketones is 1. The molecule has 2 fully saturated rings. The molecule has 0 N–H and O–H groups in total. The maximum Gasteiger partial charge on any atom is 0.228 e. The Bertz CT molecular complexity index is 546. The number of carbonyl (C=O) groups excluding carboxylic acids is 4. The molecule has 0 bridgehead atoms. The van der Waals surface area contributed by atoms with Crippen LogP contribution in [0.3, 0.4) is 0 Å². The first-order valence-corrected chi connectivity index (χ1v) is 9.15. The van der Waals surface area contributed by atoms with Crippen LogP contribution in [0.1, 0.15) is 46.5 Å². The van der Waals surface area contributed by atoms with Crippen molar-refractivity contribution in [1.29, 1.82) is 0 Å². The SMILES string of the molecule is CC(=O)CCC(=O)N1CCCN(C(=O)C2CC(=O)N(C(C)C)C2)CC1. The molecular formula is C18H29N3O4. The Hall–Kier alpha value is -1.92. The van der Waals surface area contributed by atoms with E-state index in [0.29, 0.717) is 32.7 Å². The van der Waals surface area contributed by atoms with Crippen molar-refractivity contribution in [2.24, 2.45) is 5.92 Å². The number of hydrogen-bond acceptors (Lipinski definition) is 4. The fourth-order valence-corrected chi connectivity index (χ4v) is 3.48. The van der Waals surface area contributed by atoms with Crippen LogP contribution in [0, 0.1) is 5.92 Å². The van der Waals surface area contributed by atoms with E-state index in [-0.39, 0.29) is 54.7 Å². The highest BCUT2D eigenvalue weighted by Gasteiger charge is 2.37. The van der Waals surface area contributed by atoms with Crippen molar-refractivity contribution in [3.05, 3.63) is 0 Å². The second kappa shape index (κ2) is 8.45. The summed E-state index contributed by atoms with van der Waals surface area (Å²) < 4.78 is 0. The van der Waals surface area contributed by atoms with Crippen LogP contribution in [0.5, 0.6) is 0 Å². The van der Waals surface area contributed by atoms with Crippen LogP contribution in [0.25, 0.3) is 0 Å². The highest BCUT2D eigenvalue weighted by atomic mass is 16.2. The van der Waals surface area contributed by atoms with E-state index < -0.39 is 0 Å². The maximum absolute atomic E-state index is 12.8. The van der Waals surface area contributed by atoms with Gasteiger partial charge in [0.05, 0.1) is 5.92 Å². The average Bonchev–Trinajstić information content (AvgIpc) is 2.79. The Morgan fingerprint density at radius 3 is 2.28 bits per heavy atom. The van der Waals surface area contributed by atoms with Crippen LogP contribution >= 0.6 is 0 Å². The Morgan fingerprint density at radius 2 is 1.68 bits per heavy atom. The summed E-state index contributed by atoms with van der Waals surface area (Å²) in [4.78, 5) is 53.3. The number of nitrogens with zero attached hydrogens (tertiary/aromatic N) is 3. The Balaban J connectivity index is 1.88. The molecule has 0 aromatic heterocycles. The summed E-state index contributed by atoms with van der Waals surface area (Å²) in [7, 11) is 0. The largest absolute Gasteiger partial charge is 0.341 e. The van der Waals surface area contributed by atoms with Crippen LogP contribution in [0.4, 0.5) is 0 Å². The highest BCUT2D eigenvalue weighted by Crippen LogP contribution is 2.22. The van der Waals surface area contributed by atoms with Crippen molar-refractivity contribution < 1.29 is 19.2 Å². The van der Waals surface area contributed by atoms with Crippen LogP contribution in [-0.4, -0.2) is 77.0 Å². The number of likely N-dealkylation sites (tertiary alicyclic amines) is 1. The predicted molar refractivity (Wildman–Crippen MR) is 92.6 cm³/mol. The molecule has 0 spiro atoms. The van der Waals surface area contributed by atoms with Gasteiger partial charge in [-0.05, 0) is 27.2 Å². The fraction of sp³-hybridized carbons (Fsp3) is 0.778. The van der Waals surface area contributed by atoms with Crippen LogP contribution < -0.4 is 0 Å². The van der Waals surface area contributed by atoms with Gasteiger partial charge in [0.15, 0.2) is 0 Å². The van der Waals surface area contributed by atoms with Crippen molar-refractivity contribution in [3.63, 3.8) is 0 Å². The van der Waals surface area contributed by atoms with Crippen LogP contribution in [-0.2, 0) is 19.2 Å². The monoisotopic (exact) mass is 351 g/mol. The maximum atomic E-state index is 12.8. The molecule has 7 heteroatoms. The first-order valence-electron chi connectivity index (χ1n) is 9.15. The minimum absolute atomic E-state index is 0.0144. The van der Waals surface area contributed by atoms with Gasteiger partial charge in [-0.2, -0.15) is 0 Å². The Labute approximate surface area is 149 Å². The third-order valence-electron chi connectivity index (χ3n) is 4.98. The molecule has 0 saturated carbocycles. The van der Waals surface area contributed by atoms with Crippen LogP contribution in [0.2, 0.25) is 0 Å². The van der Waals surface area contributed by atoms with E-state index in [1.807, 2.05) is 13.8 Å². The summed E-state index contributed by atoms with van der Waals surface area (Å²) in [6, 6.07) is 0.115. The van der Waals surface area contributed by atoms with E-state index in [2.05, 4.69) is 0 Å². The molecule has 2 aliphatic rings. The summed E-state index contributed by atoms with van der Waals surface area (Å²) in [5.74, 6) is -0.208. The zero-order valence-corrected chi connectivity index (χ0v) is 15.5. The van der Waals surface area contributed by atoms with Gasteiger partial charge in [0.25, 0.3) is 0 Å². The van der Waals surface area contributed by atoms with Crippen LogP contribution in [0.15, 0.2) is 0 Å². The van der Waals surface area contributed by atoms with E-state index >= 15 is 0 Å². The zero-order chi connectivity index (χ0) is 18.6. The van der Waals surface area contributed by atoms with E-state index in [9.17, 15) is 19.2 Å². The van der Waals surface area contributed by atoms with Gasteiger partial charge in [-0.3, -0.25) is 14.4 Å².